The lowest BCUT2D eigenvalue weighted by Crippen LogP contribution is -2.45. The number of aromatic nitrogens is 2. The van der Waals surface area contributed by atoms with Gasteiger partial charge in [-0.1, -0.05) is 43.8 Å². The number of benzene rings is 2. The zero-order valence-corrected chi connectivity index (χ0v) is 20.3. The number of anilines is 1. The summed E-state index contributed by atoms with van der Waals surface area (Å²) in [5.41, 5.74) is 3.59. The highest BCUT2D eigenvalue weighted by molar-refractivity contribution is 6.83. The molecule has 1 saturated heterocycles. The predicted molar refractivity (Wildman–Crippen MR) is 134 cm³/mol. The molecular weight excluding hydrogens is 446 g/mol. The van der Waals surface area contributed by atoms with Gasteiger partial charge in [0.05, 0.1) is 0 Å². The number of carbonyl (C=O) groups is 2. The summed E-state index contributed by atoms with van der Waals surface area (Å²) in [5, 5.41) is 0. The smallest absolute Gasteiger partial charge is 0.311 e. The van der Waals surface area contributed by atoms with Gasteiger partial charge < -0.3 is 4.90 Å². The van der Waals surface area contributed by atoms with Crippen molar-refractivity contribution in [1.29, 1.82) is 0 Å². The first kappa shape index (κ1) is 23.2. The van der Waals surface area contributed by atoms with Gasteiger partial charge in [0, 0.05) is 35.6 Å². The molecule has 0 saturated carbocycles. The summed E-state index contributed by atoms with van der Waals surface area (Å²) in [6.07, 6.45) is 1.67. The van der Waals surface area contributed by atoms with Gasteiger partial charge in [-0.05, 0) is 42.8 Å². The van der Waals surface area contributed by atoms with E-state index in [1.54, 1.807) is 23.1 Å². The van der Waals surface area contributed by atoms with E-state index < -0.39 is 31.3 Å². The molecule has 1 aromatic heterocycles. The van der Waals surface area contributed by atoms with Gasteiger partial charge in [-0.3, -0.25) is 19.0 Å². The lowest BCUT2D eigenvalue weighted by molar-refractivity contribution is -0.119. The van der Waals surface area contributed by atoms with Gasteiger partial charge in [-0.2, -0.15) is 4.57 Å². The summed E-state index contributed by atoms with van der Waals surface area (Å²) in [7, 11) is -1.49. The average Bonchev–Trinajstić information content (AvgIpc) is 3.19. The Labute approximate surface area is 198 Å². The number of amides is 1. The van der Waals surface area contributed by atoms with Crippen LogP contribution in [0.4, 0.5) is 5.69 Å². The third kappa shape index (κ3) is 4.70. The van der Waals surface area contributed by atoms with Gasteiger partial charge in [-0.15, -0.1) is 5.54 Å². The van der Waals surface area contributed by atoms with Crippen molar-refractivity contribution in [1.82, 2.24) is 9.13 Å². The van der Waals surface area contributed by atoms with Gasteiger partial charge in [0.15, 0.2) is 0 Å². The molecule has 1 aliphatic heterocycles. The highest BCUT2D eigenvalue weighted by Gasteiger charge is 2.35. The molecule has 1 aliphatic rings. The summed E-state index contributed by atoms with van der Waals surface area (Å²) in [6.45, 7) is 6.95. The Bertz CT molecular complexity index is 1420. The third-order valence-electron chi connectivity index (χ3n) is 5.51. The predicted octanol–water partition coefficient (Wildman–Crippen LogP) is 2.91. The van der Waals surface area contributed by atoms with Crippen molar-refractivity contribution in [2.45, 2.75) is 32.1 Å². The van der Waals surface area contributed by atoms with Crippen LogP contribution in [0.5, 0.6) is 0 Å². The number of rotatable bonds is 3. The quantitative estimate of drug-likeness (QED) is 0.435. The van der Waals surface area contributed by atoms with Crippen molar-refractivity contribution in [3.05, 3.63) is 98.8 Å². The van der Waals surface area contributed by atoms with E-state index in [1.807, 2.05) is 24.3 Å². The summed E-state index contributed by atoms with van der Waals surface area (Å²) >= 11 is 0. The molecule has 8 heteroatoms. The maximum atomic E-state index is 13.2. The van der Waals surface area contributed by atoms with Crippen molar-refractivity contribution >= 4 is 25.6 Å². The van der Waals surface area contributed by atoms with Crippen LogP contribution in [0.15, 0.2) is 76.4 Å². The molecule has 1 amide bonds. The molecule has 7 nitrogen and oxygen atoms in total. The van der Waals surface area contributed by atoms with Crippen LogP contribution in [-0.2, 0) is 4.79 Å². The highest BCUT2D eigenvalue weighted by atomic mass is 28.3. The van der Waals surface area contributed by atoms with E-state index in [9.17, 15) is 19.2 Å². The van der Waals surface area contributed by atoms with Crippen LogP contribution in [-0.4, -0.2) is 35.6 Å². The zero-order chi connectivity index (χ0) is 24.5. The molecule has 0 N–H and O–H groups in total. The van der Waals surface area contributed by atoms with Gasteiger partial charge >= 0.3 is 5.69 Å². The fourth-order valence-electron chi connectivity index (χ4n) is 3.79. The van der Waals surface area contributed by atoms with Crippen LogP contribution >= 0.6 is 0 Å². The van der Waals surface area contributed by atoms with Gasteiger partial charge in [-0.25, -0.2) is 4.79 Å². The van der Waals surface area contributed by atoms with Crippen molar-refractivity contribution in [3.8, 4) is 11.5 Å². The molecule has 3 aromatic rings. The van der Waals surface area contributed by atoms with Crippen LogP contribution < -0.4 is 16.1 Å². The molecular formula is C26H25N3O4Si. The van der Waals surface area contributed by atoms with E-state index in [4.69, 9.17) is 0 Å². The Hall–Kier alpha value is -3.96. The molecule has 1 atom stereocenters. The lowest BCUT2D eigenvalue weighted by Gasteiger charge is -2.18. The Balaban J connectivity index is 1.61. The van der Waals surface area contributed by atoms with E-state index >= 15 is 0 Å². The molecule has 0 spiro atoms. The first-order valence-electron chi connectivity index (χ1n) is 11.0. The first-order valence-corrected chi connectivity index (χ1v) is 14.5. The molecule has 172 valence electrons. The molecule has 34 heavy (non-hydrogen) atoms. The maximum Gasteiger partial charge on any atom is 0.338 e. The Morgan fingerprint density at radius 2 is 1.62 bits per heavy atom. The average molecular weight is 472 g/mol. The zero-order valence-electron chi connectivity index (χ0n) is 19.3. The normalized spacial score (nSPS) is 15.7. The summed E-state index contributed by atoms with van der Waals surface area (Å²) in [5.74, 6) is 2.21. The third-order valence-corrected chi connectivity index (χ3v) is 6.38. The number of nitrogens with zero attached hydrogens (tertiary/aromatic N) is 3. The van der Waals surface area contributed by atoms with Gasteiger partial charge in [0.1, 0.15) is 14.1 Å². The van der Waals surface area contributed by atoms with Crippen molar-refractivity contribution in [3.63, 3.8) is 0 Å². The fraction of sp³-hybridized carbons (Fsp3) is 0.231. The van der Waals surface area contributed by atoms with Gasteiger partial charge in [0.25, 0.3) is 11.5 Å². The number of hydrogen-bond donors (Lipinski definition) is 0. The van der Waals surface area contributed by atoms with E-state index in [0.29, 0.717) is 23.2 Å². The topological polar surface area (TPSA) is 81.4 Å². The summed E-state index contributed by atoms with van der Waals surface area (Å²) in [6, 6.07) is 15.9. The second-order valence-corrected chi connectivity index (χ2v) is 13.9. The van der Waals surface area contributed by atoms with E-state index in [-0.39, 0.29) is 11.5 Å². The fourth-order valence-corrected chi connectivity index (χ4v) is 4.31. The second-order valence-electron chi connectivity index (χ2n) is 9.19. The largest absolute Gasteiger partial charge is 0.338 e. The van der Waals surface area contributed by atoms with Crippen LogP contribution in [0, 0.1) is 11.5 Å². The number of hydrogen-bond acceptors (Lipinski definition) is 4. The molecule has 2 heterocycles. The number of carbonyl (C=O) groups excluding carboxylic acids is 2. The van der Waals surface area contributed by atoms with Crippen LogP contribution in [0.3, 0.4) is 0 Å². The van der Waals surface area contributed by atoms with Crippen LogP contribution in [0.25, 0.3) is 0 Å². The minimum atomic E-state index is -1.49. The molecule has 0 bridgehead atoms. The first-order chi connectivity index (χ1) is 16.2. The summed E-state index contributed by atoms with van der Waals surface area (Å²) < 4.78 is 1.76. The van der Waals surface area contributed by atoms with Crippen molar-refractivity contribution < 1.29 is 9.59 Å². The standard InChI is InChI=1S/C26H25N3O4Si/c1-34(2,3)18-15-19-9-11-21(12-10-19)27-16-13-22(25(27)32)28-17-14-23(30)29(26(28)33)24(31)20-7-5-4-6-8-20/h4-12,14,17,22H,13,16H2,1-3H3. The summed E-state index contributed by atoms with van der Waals surface area (Å²) in [4.78, 5) is 53.1. The molecule has 1 fully saturated rings. The minimum absolute atomic E-state index is 0.219. The Morgan fingerprint density at radius 1 is 0.941 bits per heavy atom. The Morgan fingerprint density at radius 3 is 2.26 bits per heavy atom. The van der Waals surface area contributed by atoms with Crippen LogP contribution in [0.1, 0.15) is 28.4 Å². The molecule has 0 aliphatic carbocycles. The highest BCUT2D eigenvalue weighted by Crippen LogP contribution is 2.27. The molecule has 0 radical (unpaired) electrons. The van der Waals surface area contributed by atoms with E-state index in [1.165, 1.54) is 22.9 Å². The maximum absolute atomic E-state index is 13.2. The minimum Gasteiger partial charge on any atom is -0.311 e. The SMILES string of the molecule is C[Si](C)(C)C#Cc1ccc(N2CCC(n3ccc(=O)n(C(=O)c4ccccc4)c3=O)C2=O)cc1. The van der Waals surface area contributed by atoms with E-state index in [2.05, 4.69) is 31.1 Å². The Kier molecular flexibility index (Phi) is 6.22. The van der Waals surface area contributed by atoms with Crippen LogP contribution in [0.2, 0.25) is 19.6 Å². The molecule has 4 rings (SSSR count). The van der Waals surface area contributed by atoms with Crippen molar-refractivity contribution in [2.75, 3.05) is 11.4 Å². The van der Waals surface area contributed by atoms with Crippen molar-refractivity contribution in [2.24, 2.45) is 0 Å². The molecule has 1 unspecified atom stereocenters. The van der Waals surface area contributed by atoms with Gasteiger partial charge in [0.2, 0.25) is 5.91 Å². The second kappa shape index (κ2) is 9.12. The lowest BCUT2D eigenvalue weighted by atomic mass is 10.2. The van der Waals surface area contributed by atoms with E-state index in [0.717, 1.165) is 11.6 Å². The monoisotopic (exact) mass is 471 g/mol. The molecule has 2 aromatic carbocycles.